The lowest BCUT2D eigenvalue weighted by Gasteiger charge is -2.46. The lowest BCUT2D eigenvalue weighted by Crippen LogP contribution is -3.19. The first-order valence-electron chi connectivity index (χ1n) is 7.68. The Labute approximate surface area is 119 Å². The predicted octanol–water partition coefficient (Wildman–Crippen LogP) is 0.396. The molecule has 0 aromatic carbocycles. The number of quaternary nitrogens is 1. The number of methoxy groups -OCH3 is 1. The first-order chi connectivity index (χ1) is 9.74. The third-order valence-corrected chi connectivity index (χ3v) is 5.74. The van der Waals surface area contributed by atoms with Gasteiger partial charge in [0.05, 0.1) is 25.6 Å². The Morgan fingerprint density at radius 3 is 3.10 bits per heavy atom. The second kappa shape index (κ2) is 4.43. The minimum Gasteiger partial charge on any atom is -0.461 e. The monoisotopic (exact) mass is 276 g/mol. The van der Waals surface area contributed by atoms with Crippen LogP contribution in [0.25, 0.3) is 0 Å². The van der Waals surface area contributed by atoms with E-state index in [0.717, 1.165) is 19.3 Å². The molecule has 4 nitrogen and oxygen atoms in total. The number of carbonyl (C=O) groups is 1. The van der Waals surface area contributed by atoms with E-state index in [2.05, 4.69) is 6.08 Å². The molecule has 1 fully saturated rings. The molecule has 0 saturated carbocycles. The Morgan fingerprint density at radius 1 is 1.40 bits per heavy atom. The van der Waals surface area contributed by atoms with Gasteiger partial charge >= 0.3 is 5.97 Å². The van der Waals surface area contributed by atoms with Gasteiger partial charge in [0.2, 0.25) is 0 Å². The third-order valence-electron chi connectivity index (χ3n) is 5.74. The molecule has 20 heavy (non-hydrogen) atoms. The molecule has 108 valence electrons. The van der Waals surface area contributed by atoms with Gasteiger partial charge in [-0.2, -0.15) is 0 Å². The Hall–Kier alpha value is -1.13. The molecule has 3 aliphatic heterocycles. The summed E-state index contributed by atoms with van der Waals surface area (Å²) in [4.78, 5) is 13.5. The van der Waals surface area contributed by atoms with E-state index in [1.165, 1.54) is 30.7 Å². The zero-order chi connectivity index (χ0) is 13.7. The van der Waals surface area contributed by atoms with Gasteiger partial charge in [-0.25, -0.2) is 0 Å². The van der Waals surface area contributed by atoms with Crippen LogP contribution in [0.15, 0.2) is 22.8 Å². The van der Waals surface area contributed by atoms with Crippen LogP contribution in [0.4, 0.5) is 0 Å². The van der Waals surface area contributed by atoms with Gasteiger partial charge in [0.25, 0.3) is 0 Å². The van der Waals surface area contributed by atoms with E-state index >= 15 is 0 Å². The van der Waals surface area contributed by atoms with Gasteiger partial charge in [0, 0.05) is 31.9 Å². The van der Waals surface area contributed by atoms with Gasteiger partial charge in [0.1, 0.15) is 12.1 Å². The van der Waals surface area contributed by atoms with E-state index in [0.29, 0.717) is 13.0 Å². The molecule has 0 aromatic heterocycles. The average molecular weight is 276 g/mol. The summed E-state index contributed by atoms with van der Waals surface area (Å²) in [5.41, 5.74) is 4.38. The molecular weight excluding hydrogens is 254 g/mol. The summed E-state index contributed by atoms with van der Waals surface area (Å²) >= 11 is 0. The summed E-state index contributed by atoms with van der Waals surface area (Å²) in [6, 6.07) is 0. The van der Waals surface area contributed by atoms with Crippen LogP contribution in [-0.2, 0) is 14.3 Å². The fourth-order valence-corrected chi connectivity index (χ4v) is 4.79. The van der Waals surface area contributed by atoms with Crippen LogP contribution < -0.4 is 4.90 Å². The van der Waals surface area contributed by atoms with Crippen molar-refractivity contribution in [1.29, 1.82) is 0 Å². The molecule has 1 spiro atoms. The summed E-state index contributed by atoms with van der Waals surface area (Å²) in [5.74, 6) is -0.0508. The number of ether oxygens (including phenoxy) is 2. The summed E-state index contributed by atoms with van der Waals surface area (Å²) in [5, 5.41) is 0. The standard InChI is InChI=1S/C16H21NO3/c1-19-13-3-2-12-5-7-17-6-4-11-10-20-15(18)8-14(11)16(12,17)9-13/h2,13H,3-10H2,1H3/p+1/t13-,16-/m0/s1. The smallest absolute Gasteiger partial charge is 0.310 e. The molecule has 4 rings (SSSR count). The highest BCUT2D eigenvalue weighted by Gasteiger charge is 2.57. The molecule has 0 radical (unpaired) electrons. The van der Waals surface area contributed by atoms with Crippen molar-refractivity contribution in [1.82, 2.24) is 0 Å². The van der Waals surface area contributed by atoms with Crippen molar-refractivity contribution in [3.8, 4) is 0 Å². The van der Waals surface area contributed by atoms with Gasteiger partial charge in [0.15, 0.2) is 0 Å². The van der Waals surface area contributed by atoms with E-state index < -0.39 is 0 Å². The van der Waals surface area contributed by atoms with E-state index in [-0.39, 0.29) is 17.6 Å². The van der Waals surface area contributed by atoms with Crippen molar-refractivity contribution in [2.45, 2.75) is 43.7 Å². The molecule has 1 unspecified atom stereocenters. The van der Waals surface area contributed by atoms with Crippen LogP contribution in [0.1, 0.15) is 32.1 Å². The zero-order valence-corrected chi connectivity index (χ0v) is 12.0. The van der Waals surface area contributed by atoms with Crippen molar-refractivity contribution < 1.29 is 19.2 Å². The molecule has 1 aliphatic carbocycles. The highest BCUT2D eigenvalue weighted by Crippen LogP contribution is 2.44. The zero-order valence-electron chi connectivity index (χ0n) is 12.0. The number of hydrogen-bond donors (Lipinski definition) is 1. The first kappa shape index (κ1) is 12.6. The molecule has 4 heteroatoms. The Bertz CT molecular complexity index is 522. The highest BCUT2D eigenvalue weighted by molar-refractivity contribution is 5.76. The Morgan fingerprint density at radius 2 is 2.25 bits per heavy atom. The summed E-state index contributed by atoms with van der Waals surface area (Å²) in [7, 11) is 1.81. The molecule has 1 N–H and O–H groups in total. The lowest BCUT2D eigenvalue weighted by atomic mass is 9.69. The van der Waals surface area contributed by atoms with Crippen molar-refractivity contribution in [3.63, 3.8) is 0 Å². The van der Waals surface area contributed by atoms with Gasteiger partial charge in [-0.15, -0.1) is 0 Å². The molecule has 0 amide bonds. The summed E-state index contributed by atoms with van der Waals surface area (Å²) < 4.78 is 10.9. The topological polar surface area (TPSA) is 40.0 Å². The number of cyclic esters (lactones) is 1. The van der Waals surface area contributed by atoms with Crippen LogP contribution in [0, 0.1) is 0 Å². The maximum Gasteiger partial charge on any atom is 0.310 e. The second-order valence-electron chi connectivity index (χ2n) is 6.46. The maximum atomic E-state index is 11.8. The quantitative estimate of drug-likeness (QED) is 0.556. The number of carbonyl (C=O) groups excluding carboxylic acids is 1. The fraction of sp³-hybridized carbons (Fsp3) is 0.688. The molecule has 3 heterocycles. The maximum absolute atomic E-state index is 11.8. The molecular formula is C16H22NO3+. The van der Waals surface area contributed by atoms with E-state index in [1.807, 2.05) is 7.11 Å². The normalized spacial score (nSPS) is 39.6. The number of esters is 1. The SMILES string of the molecule is CO[C@H]1CC=C2CC[NH+]3CCC4=C(CC(=O)OC4)[C@]23C1. The summed E-state index contributed by atoms with van der Waals surface area (Å²) in [6.45, 7) is 2.90. The van der Waals surface area contributed by atoms with Gasteiger partial charge in [-0.1, -0.05) is 6.08 Å². The first-order valence-corrected chi connectivity index (χ1v) is 7.68. The van der Waals surface area contributed by atoms with Crippen LogP contribution in [-0.4, -0.2) is 44.4 Å². The summed E-state index contributed by atoms with van der Waals surface area (Å²) in [6.07, 6.45) is 7.50. The molecule has 4 aliphatic rings. The minimum atomic E-state index is -0.0508. The van der Waals surface area contributed by atoms with E-state index in [1.54, 1.807) is 10.5 Å². The largest absolute Gasteiger partial charge is 0.461 e. The molecule has 1 saturated heterocycles. The predicted molar refractivity (Wildman–Crippen MR) is 73.4 cm³/mol. The van der Waals surface area contributed by atoms with Crippen LogP contribution in [0.3, 0.4) is 0 Å². The van der Waals surface area contributed by atoms with Crippen molar-refractivity contribution in [3.05, 3.63) is 22.8 Å². The van der Waals surface area contributed by atoms with Crippen LogP contribution in [0.5, 0.6) is 0 Å². The molecule has 3 atom stereocenters. The second-order valence-corrected chi connectivity index (χ2v) is 6.46. The van der Waals surface area contributed by atoms with Gasteiger partial charge in [-0.05, 0) is 17.6 Å². The van der Waals surface area contributed by atoms with E-state index in [4.69, 9.17) is 9.47 Å². The third kappa shape index (κ3) is 1.58. The molecule has 0 bridgehead atoms. The van der Waals surface area contributed by atoms with Gasteiger partial charge < -0.3 is 14.4 Å². The molecule has 0 aromatic rings. The van der Waals surface area contributed by atoms with Crippen LogP contribution in [0.2, 0.25) is 0 Å². The highest BCUT2D eigenvalue weighted by atomic mass is 16.5. The fourth-order valence-electron chi connectivity index (χ4n) is 4.79. The van der Waals surface area contributed by atoms with Gasteiger partial charge in [-0.3, -0.25) is 4.79 Å². The minimum absolute atomic E-state index is 0.0508. The van der Waals surface area contributed by atoms with Crippen molar-refractivity contribution in [2.75, 3.05) is 26.8 Å². The number of rotatable bonds is 1. The van der Waals surface area contributed by atoms with Crippen molar-refractivity contribution >= 4 is 5.97 Å². The number of nitrogens with one attached hydrogen (secondary N) is 1. The Kier molecular flexibility index (Phi) is 2.79. The Balaban J connectivity index is 1.84. The van der Waals surface area contributed by atoms with Crippen molar-refractivity contribution in [2.24, 2.45) is 0 Å². The van der Waals surface area contributed by atoms with Crippen LogP contribution >= 0.6 is 0 Å². The number of hydrogen-bond acceptors (Lipinski definition) is 3. The van der Waals surface area contributed by atoms with E-state index in [9.17, 15) is 4.79 Å². The average Bonchev–Trinajstić information content (AvgIpc) is 2.86. The lowest BCUT2D eigenvalue weighted by molar-refractivity contribution is -0.932.